The number of nitrogens with one attached hydrogen (secondary N) is 2. The highest BCUT2D eigenvalue weighted by Crippen LogP contribution is 2.28. The van der Waals surface area contributed by atoms with Crippen LogP contribution in [0.15, 0.2) is 30.7 Å². The largest absolute Gasteiger partial charge is 0.382 e. The van der Waals surface area contributed by atoms with E-state index >= 15 is 0 Å². The number of H-pyrrole nitrogens is 1. The number of nitrogens with two attached hydrogens (primary N) is 1. The number of piperazine rings is 1. The molecule has 1 fully saturated rings. The van der Waals surface area contributed by atoms with E-state index < -0.39 is 0 Å². The minimum Gasteiger partial charge on any atom is -0.382 e. The summed E-state index contributed by atoms with van der Waals surface area (Å²) in [7, 11) is 0. The summed E-state index contributed by atoms with van der Waals surface area (Å²) in [5.74, 6) is 0.460. The van der Waals surface area contributed by atoms with Crippen LogP contribution in [-0.2, 0) is 0 Å². The molecule has 7 heteroatoms. The topological polar surface area (TPSA) is 95.8 Å². The number of anilines is 2. The van der Waals surface area contributed by atoms with Crippen molar-refractivity contribution in [1.29, 1.82) is 0 Å². The summed E-state index contributed by atoms with van der Waals surface area (Å²) < 4.78 is 0. The Labute approximate surface area is 127 Å². The first-order valence-corrected chi connectivity index (χ1v) is 7.32. The van der Waals surface area contributed by atoms with Gasteiger partial charge in [0.15, 0.2) is 5.82 Å². The van der Waals surface area contributed by atoms with Crippen LogP contribution in [-0.4, -0.2) is 46.3 Å². The van der Waals surface area contributed by atoms with Crippen molar-refractivity contribution in [3.63, 3.8) is 0 Å². The van der Waals surface area contributed by atoms with Crippen LogP contribution in [0.4, 0.5) is 11.5 Å². The van der Waals surface area contributed by atoms with Crippen LogP contribution in [0.3, 0.4) is 0 Å². The van der Waals surface area contributed by atoms with E-state index in [-0.39, 0.29) is 0 Å². The van der Waals surface area contributed by atoms with Crippen LogP contribution in [0.25, 0.3) is 22.2 Å². The molecule has 22 heavy (non-hydrogen) atoms. The summed E-state index contributed by atoms with van der Waals surface area (Å²) in [6, 6.07) is 4.12. The van der Waals surface area contributed by atoms with Crippen LogP contribution < -0.4 is 16.0 Å². The van der Waals surface area contributed by atoms with Crippen molar-refractivity contribution in [3.8, 4) is 11.3 Å². The Balaban J connectivity index is 1.70. The monoisotopic (exact) mass is 295 g/mol. The maximum atomic E-state index is 5.83. The third kappa shape index (κ3) is 2.15. The standard InChI is InChI=1S/C15H17N7/c16-15-12-9-18-8-11(14(12)20-21-15)13-2-1-10(7-19-13)22-5-3-17-4-6-22/h1-2,7-9,17H,3-6H2,(H3,16,20,21). The molecule has 0 aromatic carbocycles. The fourth-order valence-electron chi connectivity index (χ4n) is 2.80. The number of rotatable bonds is 2. The van der Waals surface area contributed by atoms with Crippen LogP contribution in [0.2, 0.25) is 0 Å². The zero-order valence-electron chi connectivity index (χ0n) is 12.1. The normalized spacial score (nSPS) is 15.4. The molecule has 0 atom stereocenters. The van der Waals surface area contributed by atoms with Gasteiger partial charge in [-0.05, 0) is 12.1 Å². The van der Waals surface area contributed by atoms with Gasteiger partial charge in [-0.3, -0.25) is 15.1 Å². The van der Waals surface area contributed by atoms with Crippen LogP contribution in [0.1, 0.15) is 0 Å². The highest BCUT2D eigenvalue weighted by atomic mass is 15.2. The number of aromatic amines is 1. The quantitative estimate of drug-likeness (QED) is 0.653. The van der Waals surface area contributed by atoms with Crippen LogP contribution >= 0.6 is 0 Å². The van der Waals surface area contributed by atoms with Crippen molar-refractivity contribution in [3.05, 3.63) is 30.7 Å². The minimum atomic E-state index is 0.460. The zero-order chi connectivity index (χ0) is 14.9. The number of fused-ring (bicyclic) bond motifs is 1. The van der Waals surface area contributed by atoms with E-state index in [1.165, 1.54) is 0 Å². The summed E-state index contributed by atoms with van der Waals surface area (Å²) in [4.78, 5) is 11.2. The van der Waals surface area contributed by atoms with Crippen LogP contribution in [0.5, 0.6) is 0 Å². The lowest BCUT2D eigenvalue weighted by Gasteiger charge is -2.29. The molecule has 4 rings (SSSR count). The van der Waals surface area contributed by atoms with Gasteiger partial charge in [0.1, 0.15) is 0 Å². The number of pyridine rings is 2. The molecule has 1 aliphatic heterocycles. The van der Waals surface area contributed by atoms with E-state index in [9.17, 15) is 0 Å². The molecule has 1 aliphatic rings. The van der Waals surface area contributed by atoms with E-state index in [1.54, 1.807) is 12.4 Å². The molecule has 3 aromatic heterocycles. The second-order valence-corrected chi connectivity index (χ2v) is 5.36. The lowest BCUT2D eigenvalue weighted by Crippen LogP contribution is -2.43. The Morgan fingerprint density at radius 1 is 1.09 bits per heavy atom. The van der Waals surface area contributed by atoms with Crippen LogP contribution in [0, 0.1) is 0 Å². The molecule has 0 amide bonds. The number of hydrogen-bond acceptors (Lipinski definition) is 6. The molecule has 0 saturated carbocycles. The van der Waals surface area contributed by atoms with Crippen molar-refractivity contribution in [2.75, 3.05) is 36.8 Å². The Kier molecular flexibility index (Phi) is 3.12. The molecule has 7 nitrogen and oxygen atoms in total. The zero-order valence-corrected chi connectivity index (χ0v) is 12.1. The van der Waals surface area contributed by atoms with Crippen molar-refractivity contribution in [2.45, 2.75) is 0 Å². The Bertz CT molecular complexity index is 787. The van der Waals surface area contributed by atoms with Crippen molar-refractivity contribution in [2.24, 2.45) is 0 Å². The summed E-state index contributed by atoms with van der Waals surface area (Å²) in [6.07, 6.45) is 5.42. The number of nitrogen functional groups attached to an aromatic ring is 1. The third-order valence-corrected chi connectivity index (χ3v) is 4.02. The average Bonchev–Trinajstić information content (AvgIpc) is 2.97. The highest BCUT2D eigenvalue weighted by Gasteiger charge is 2.13. The lowest BCUT2D eigenvalue weighted by molar-refractivity contribution is 0.589. The molecule has 0 unspecified atom stereocenters. The molecule has 0 aliphatic carbocycles. The fraction of sp³-hybridized carbons (Fsp3) is 0.267. The van der Waals surface area contributed by atoms with Crippen molar-refractivity contribution >= 4 is 22.4 Å². The summed E-state index contributed by atoms with van der Waals surface area (Å²) >= 11 is 0. The van der Waals surface area contributed by atoms with Gasteiger partial charge in [-0.2, -0.15) is 5.10 Å². The molecular weight excluding hydrogens is 278 g/mol. The van der Waals surface area contributed by atoms with Crippen molar-refractivity contribution in [1.82, 2.24) is 25.5 Å². The average molecular weight is 295 g/mol. The molecule has 1 saturated heterocycles. The van der Waals surface area contributed by atoms with Gasteiger partial charge in [0, 0.05) is 44.1 Å². The van der Waals surface area contributed by atoms with Gasteiger partial charge in [0.25, 0.3) is 0 Å². The van der Waals surface area contributed by atoms with E-state index in [4.69, 9.17) is 5.73 Å². The second-order valence-electron chi connectivity index (χ2n) is 5.36. The predicted molar refractivity (Wildman–Crippen MR) is 86.6 cm³/mol. The van der Waals surface area contributed by atoms with Gasteiger partial charge in [-0.15, -0.1) is 0 Å². The van der Waals surface area contributed by atoms with E-state index in [0.717, 1.165) is 54.0 Å². The number of nitrogens with zero attached hydrogens (tertiary/aromatic N) is 4. The molecule has 0 bridgehead atoms. The van der Waals surface area contributed by atoms with E-state index in [0.29, 0.717) is 5.82 Å². The fourth-order valence-corrected chi connectivity index (χ4v) is 2.80. The highest BCUT2D eigenvalue weighted by molar-refractivity contribution is 5.97. The molecule has 0 spiro atoms. The molecule has 4 N–H and O–H groups in total. The Morgan fingerprint density at radius 2 is 1.95 bits per heavy atom. The molecule has 112 valence electrons. The first-order chi connectivity index (χ1) is 10.8. The first kappa shape index (κ1) is 13.0. The molecule has 4 heterocycles. The van der Waals surface area contributed by atoms with E-state index in [1.807, 2.05) is 12.3 Å². The predicted octanol–water partition coefficient (Wildman–Crippen LogP) is 1.01. The minimum absolute atomic E-state index is 0.460. The number of aromatic nitrogens is 4. The SMILES string of the molecule is Nc1n[nH]c2c(-c3ccc(N4CCNCC4)cn3)cncc12. The second kappa shape index (κ2) is 5.27. The molecule has 3 aromatic rings. The van der Waals surface area contributed by atoms with Gasteiger partial charge in [-0.1, -0.05) is 0 Å². The van der Waals surface area contributed by atoms with Gasteiger partial charge >= 0.3 is 0 Å². The maximum absolute atomic E-state index is 5.83. The lowest BCUT2D eigenvalue weighted by atomic mass is 10.1. The van der Waals surface area contributed by atoms with Gasteiger partial charge in [0.05, 0.1) is 28.5 Å². The molecule has 0 radical (unpaired) electrons. The van der Waals surface area contributed by atoms with Gasteiger partial charge in [0.2, 0.25) is 0 Å². The maximum Gasteiger partial charge on any atom is 0.154 e. The smallest absolute Gasteiger partial charge is 0.154 e. The van der Waals surface area contributed by atoms with Gasteiger partial charge in [-0.25, -0.2) is 0 Å². The van der Waals surface area contributed by atoms with Gasteiger partial charge < -0.3 is 16.0 Å². The number of hydrogen-bond donors (Lipinski definition) is 3. The summed E-state index contributed by atoms with van der Waals surface area (Å²) in [5, 5.41) is 11.2. The Morgan fingerprint density at radius 3 is 2.73 bits per heavy atom. The molecular formula is C15H17N7. The van der Waals surface area contributed by atoms with E-state index in [2.05, 4.69) is 36.4 Å². The Hall–Kier alpha value is -2.67. The first-order valence-electron chi connectivity index (χ1n) is 7.32. The van der Waals surface area contributed by atoms with Crippen molar-refractivity contribution < 1.29 is 0 Å². The summed E-state index contributed by atoms with van der Waals surface area (Å²) in [6.45, 7) is 4.04. The summed E-state index contributed by atoms with van der Waals surface area (Å²) in [5.41, 5.74) is 9.62. The third-order valence-electron chi connectivity index (χ3n) is 4.02.